The number of hydrogen-bond donors (Lipinski definition) is 1. The molecule has 1 amide bonds. The molecule has 25 heavy (non-hydrogen) atoms. The van der Waals surface area contributed by atoms with Crippen molar-refractivity contribution in [2.75, 3.05) is 12.4 Å². The van der Waals surface area contributed by atoms with E-state index < -0.39 is 5.97 Å². The number of methoxy groups -OCH3 is 1. The Morgan fingerprint density at radius 3 is 2.52 bits per heavy atom. The van der Waals surface area contributed by atoms with Gasteiger partial charge in [0.2, 0.25) is 5.91 Å². The zero-order chi connectivity index (χ0) is 18.4. The van der Waals surface area contributed by atoms with Crippen LogP contribution in [-0.2, 0) is 9.53 Å². The molecule has 2 rings (SSSR count). The van der Waals surface area contributed by atoms with Crippen LogP contribution in [0.1, 0.15) is 34.8 Å². The third-order valence-corrected chi connectivity index (χ3v) is 4.02. The number of amides is 1. The van der Waals surface area contributed by atoms with Gasteiger partial charge in [0, 0.05) is 16.5 Å². The molecule has 0 radical (unpaired) electrons. The molecule has 0 unspecified atom stereocenters. The van der Waals surface area contributed by atoms with Gasteiger partial charge in [0.1, 0.15) is 0 Å². The van der Waals surface area contributed by atoms with Crippen LogP contribution in [0.3, 0.4) is 0 Å². The summed E-state index contributed by atoms with van der Waals surface area (Å²) in [6.45, 7) is 1.74. The van der Waals surface area contributed by atoms with E-state index in [1.165, 1.54) is 7.11 Å². The van der Waals surface area contributed by atoms with Crippen molar-refractivity contribution < 1.29 is 14.3 Å². The average Bonchev–Trinajstić information content (AvgIpc) is 2.61. The van der Waals surface area contributed by atoms with Crippen LogP contribution in [0.15, 0.2) is 36.4 Å². The summed E-state index contributed by atoms with van der Waals surface area (Å²) in [5.74, 6) is -0.701. The topological polar surface area (TPSA) is 55.4 Å². The molecule has 0 aromatic heterocycles. The molecule has 130 valence electrons. The molecule has 4 nitrogen and oxygen atoms in total. The Hall–Kier alpha value is -2.30. The van der Waals surface area contributed by atoms with Crippen LogP contribution in [0.2, 0.25) is 10.0 Å². The highest BCUT2D eigenvalue weighted by molar-refractivity contribution is 6.35. The molecule has 1 N–H and O–H groups in total. The van der Waals surface area contributed by atoms with Gasteiger partial charge in [0.25, 0.3) is 0 Å². The van der Waals surface area contributed by atoms with Crippen molar-refractivity contribution in [2.24, 2.45) is 0 Å². The van der Waals surface area contributed by atoms with Gasteiger partial charge in [-0.2, -0.15) is 0 Å². The van der Waals surface area contributed by atoms with E-state index in [0.717, 1.165) is 11.1 Å². The Kier molecular flexibility index (Phi) is 6.62. The molecule has 0 atom stereocenters. The second-order valence-electron chi connectivity index (χ2n) is 5.20. The second-order valence-corrected chi connectivity index (χ2v) is 6.04. The minimum atomic E-state index is -0.522. The number of ether oxygens (including phenoxy) is 1. The standard InChI is InChI=1S/C19H17Cl2NO3/c1-3-18(23)22-17-9-5-12(10-15(17)19(24)25-2)4-6-13-7-8-14(20)11-16(13)21/h4-11H,3H2,1-2H3,(H,22,23)/b6-4+. The fraction of sp³-hybridized carbons (Fsp3) is 0.158. The summed E-state index contributed by atoms with van der Waals surface area (Å²) in [5, 5.41) is 3.78. The first-order valence-corrected chi connectivity index (χ1v) is 8.35. The first-order valence-electron chi connectivity index (χ1n) is 7.60. The smallest absolute Gasteiger partial charge is 0.339 e. The Morgan fingerprint density at radius 1 is 1.12 bits per heavy atom. The SMILES string of the molecule is CCC(=O)Nc1ccc(/C=C/c2ccc(Cl)cc2Cl)cc1C(=O)OC. The van der Waals surface area contributed by atoms with Crippen molar-refractivity contribution in [3.8, 4) is 0 Å². The lowest BCUT2D eigenvalue weighted by Gasteiger charge is -2.10. The summed E-state index contributed by atoms with van der Waals surface area (Å²) in [6, 6.07) is 10.3. The molecule has 0 saturated carbocycles. The van der Waals surface area contributed by atoms with Gasteiger partial charge in [-0.3, -0.25) is 4.79 Å². The number of rotatable bonds is 5. The van der Waals surface area contributed by atoms with Gasteiger partial charge >= 0.3 is 5.97 Å². The van der Waals surface area contributed by atoms with Crippen LogP contribution < -0.4 is 5.32 Å². The van der Waals surface area contributed by atoms with Gasteiger partial charge in [-0.05, 0) is 35.4 Å². The maximum Gasteiger partial charge on any atom is 0.339 e. The van der Waals surface area contributed by atoms with Crippen LogP contribution in [0.5, 0.6) is 0 Å². The third kappa shape index (κ3) is 5.08. The van der Waals surface area contributed by atoms with Crippen LogP contribution in [0.4, 0.5) is 5.69 Å². The fourth-order valence-corrected chi connectivity index (χ4v) is 2.59. The summed E-state index contributed by atoms with van der Waals surface area (Å²) >= 11 is 12.0. The molecule has 2 aromatic rings. The zero-order valence-corrected chi connectivity index (χ0v) is 15.3. The predicted octanol–water partition coefficient (Wildman–Crippen LogP) is 5.30. The van der Waals surface area contributed by atoms with E-state index in [4.69, 9.17) is 27.9 Å². The summed E-state index contributed by atoms with van der Waals surface area (Å²) < 4.78 is 4.79. The minimum Gasteiger partial charge on any atom is -0.465 e. The first-order chi connectivity index (χ1) is 11.9. The van der Waals surface area contributed by atoms with E-state index in [1.54, 1.807) is 43.3 Å². The van der Waals surface area contributed by atoms with Gasteiger partial charge < -0.3 is 10.1 Å². The largest absolute Gasteiger partial charge is 0.465 e. The predicted molar refractivity (Wildman–Crippen MR) is 102 cm³/mol. The van der Waals surface area contributed by atoms with E-state index in [1.807, 2.05) is 12.2 Å². The highest BCUT2D eigenvalue weighted by atomic mass is 35.5. The molecular weight excluding hydrogens is 361 g/mol. The fourth-order valence-electron chi connectivity index (χ4n) is 2.11. The van der Waals surface area contributed by atoms with E-state index in [2.05, 4.69) is 5.32 Å². The Morgan fingerprint density at radius 2 is 1.88 bits per heavy atom. The lowest BCUT2D eigenvalue weighted by molar-refractivity contribution is -0.115. The molecular formula is C19H17Cl2NO3. The van der Waals surface area contributed by atoms with Crippen LogP contribution >= 0.6 is 23.2 Å². The normalized spacial score (nSPS) is 10.7. The van der Waals surface area contributed by atoms with E-state index in [9.17, 15) is 9.59 Å². The number of nitrogens with one attached hydrogen (secondary N) is 1. The molecule has 0 saturated heterocycles. The Balaban J connectivity index is 2.34. The summed E-state index contributed by atoms with van der Waals surface area (Å²) in [7, 11) is 1.30. The number of carbonyl (C=O) groups is 2. The average molecular weight is 378 g/mol. The molecule has 0 aliphatic heterocycles. The zero-order valence-electron chi connectivity index (χ0n) is 13.8. The Bertz CT molecular complexity index is 831. The molecule has 0 heterocycles. The lowest BCUT2D eigenvalue weighted by atomic mass is 10.1. The molecule has 0 aliphatic carbocycles. The van der Waals surface area contributed by atoms with E-state index in [0.29, 0.717) is 22.2 Å². The number of halogens is 2. The summed E-state index contributed by atoms with van der Waals surface area (Å²) in [6.07, 6.45) is 3.95. The highest BCUT2D eigenvalue weighted by Crippen LogP contribution is 2.24. The van der Waals surface area contributed by atoms with Crippen LogP contribution in [0.25, 0.3) is 12.2 Å². The van der Waals surface area contributed by atoms with Crippen molar-refractivity contribution in [1.29, 1.82) is 0 Å². The van der Waals surface area contributed by atoms with Crippen LogP contribution in [-0.4, -0.2) is 19.0 Å². The van der Waals surface area contributed by atoms with Gasteiger partial charge in [0.05, 0.1) is 18.4 Å². The van der Waals surface area contributed by atoms with Gasteiger partial charge in [-0.15, -0.1) is 0 Å². The van der Waals surface area contributed by atoms with E-state index >= 15 is 0 Å². The first kappa shape index (κ1) is 19.0. The monoisotopic (exact) mass is 377 g/mol. The van der Waals surface area contributed by atoms with Crippen molar-refractivity contribution in [1.82, 2.24) is 0 Å². The molecule has 6 heteroatoms. The molecule has 0 bridgehead atoms. The summed E-state index contributed by atoms with van der Waals surface area (Å²) in [5.41, 5.74) is 2.27. The lowest BCUT2D eigenvalue weighted by Crippen LogP contribution is -2.14. The maximum atomic E-state index is 12.0. The van der Waals surface area contributed by atoms with Crippen molar-refractivity contribution in [3.05, 3.63) is 63.1 Å². The Labute approximate surface area is 156 Å². The van der Waals surface area contributed by atoms with Crippen molar-refractivity contribution in [3.63, 3.8) is 0 Å². The van der Waals surface area contributed by atoms with Gasteiger partial charge in [-0.1, -0.05) is 54.4 Å². The van der Waals surface area contributed by atoms with Crippen LogP contribution in [0, 0.1) is 0 Å². The summed E-state index contributed by atoms with van der Waals surface area (Å²) in [4.78, 5) is 23.6. The van der Waals surface area contributed by atoms with E-state index in [-0.39, 0.29) is 11.5 Å². The third-order valence-electron chi connectivity index (χ3n) is 3.46. The van der Waals surface area contributed by atoms with Gasteiger partial charge in [-0.25, -0.2) is 4.79 Å². The van der Waals surface area contributed by atoms with Gasteiger partial charge in [0.15, 0.2) is 0 Å². The van der Waals surface area contributed by atoms with Crippen molar-refractivity contribution in [2.45, 2.75) is 13.3 Å². The number of anilines is 1. The number of carbonyl (C=O) groups excluding carboxylic acids is 2. The number of esters is 1. The van der Waals surface area contributed by atoms with Crippen molar-refractivity contribution >= 4 is 52.9 Å². The second kappa shape index (κ2) is 8.70. The quantitative estimate of drug-likeness (QED) is 0.568. The highest BCUT2D eigenvalue weighted by Gasteiger charge is 2.14. The molecule has 0 aliphatic rings. The number of hydrogen-bond acceptors (Lipinski definition) is 3. The molecule has 2 aromatic carbocycles. The minimum absolute atomic E-state index is 0.179. The molecule has 0 fully saturated rings. The molecule has 0 spiro atoms. The maximum absolute atomic E-state index is 12.0. The number of benzene rings is 2.